The number of hydrogen-bond donors (Lipinski definition) is 4. The van der Waals surface area contributed by atoms with Gasteiger partial charge in [0.15, 0.2) is 5.78 Å². The summed E-state index contributed by atoms with van der Waals surface area (Å²) in [7, 11) is 3.77. The second-order valence-electron chi connectivity index (χ2n) is 20.1. The van der Waals surface area contributed by atoms with Crippen LogP contribution < -0.4 is 0 Å². The zero-order valence-corrected chi connectivity index (χ0v) is 35.6. The Balaban J connectivity index is 1.29. The lowest BCUT2D eigenvalue weighted by Gasteiger charge is -2.62. The van der Waals surface area contributed by atoms with Gasteiger partial charge in [0.2, 0.25) is 0 Å². The van der Waals surface area contributed by atoms with Crippen LogP contribution in [0, 0.1) is 51.8 Å². The predicted molar refractivity (Wildman–Crippen MR) is 221 cm³/mol. The van der Waals surface area contributed by atoms with Gasteiger partial charge in [-0.2, -0.15) is 0 Å². The second-order valence-corrected chi connectivity index (χ2v) is 22.6. The van der Waals surface area contributed by atoms with E-state index >= 15 is 0 Å². The Kier molecular flexibility index (Phi) is 12.1. The number of aromatic nitrogens is 2. The van der Waals surface area contributed by atoms with Gasteiger partial charge in [0, 0.05) is 47.2 Å². The quantitative estimate of drug-likeness (QED) is 0.173. The monoisotopic (exact) mass is 782 g/mol. The van der Waals surface area contributed by atoms with Gasteiger partial charge in [-0.3, -0.25) is 4.79 Å². The minimum Gasteiger partial charge on any atom is -0.393 e. The van der Waals surface area contributed by atoms with Crippen molar-refractivity contribution < 1.29 is 25.2 Å². The fourth-order valence-electron chi connectivity index (χ4n) is 13.3. The average Bonchev–Trinajstić information content (AvgIpc) is 3.74. The molecule has 0 spiro atoms. The Hall–Kier alpha value is -1.10. The molecule has 0 aromatic carbocycles. The molecule has 5 aliphatic carbocycles. The summed E-state index contributed by atoms with van der Waals surface area (Å²) >= 11 is 0. The summed E-state index contributed by atoms with van der Waals surface area (Å²) in [6.07, 6.45) is 19.2. The van der Waals surface area contributed by atoms with Crippen molar-refractivity contribution >= 4 is 27.4 Å². The molecular formula is C45H70N2O5S2. The van der Waals surface area contributed by atoms with E-state index in [0.717, 1.165) is 74.9 Å². The largest absolute Gasteiger partial charge is 0.393 e. The van der Waals surface area contributed by atoms with E-state index in [9.17, 15) is 25.2 Å². The number of carbonyl (C=O) groups is 1. The number of allylic oxidation sites excluding steroid dienone is 2. The van der Waals surface area contributed by atoms with Gasteiger partial charge < -0.3 is 25.0 Å². The molecular weight excluding hydrogens is 713 g/mol. The molecule has 2 bridgehead atoms. The fraction of sp³-hybridized carbons (Fsp3) is 0.822. The number of imidazole rings is 1. The Morgan fingerprint density at radius 3 is 2.41 bits per heavy atom. The maximum Gasteiger partial charge on any atom is 0.159 e. The van der Waals surface area contributed by atoms with Crippen LogP contribution in [0.5, 0.6) is 0 Å². The Labute approximate surface area is 333 Å². The number of ketones is 1. The van der Waals surface area contributed by atoms with Gasteiger partial charge in [-0.15, -0.1) is 0 Å². The Morgan fingerprint density at radius 1 is 0.963 bits per heavy atom. The van der Waals surface area contributed by atoms with Crippen LogP contribution in [0.15, 0.2) is 41.5 Å². The molecule has 4 N–H and O–H groups in total. The highest BCUT2D eigenvalue weighted by molar-refractivity contribution is 8.76. The Morgan fingerprint density at radius 2 is 1.70 bits per heavy atom. The van der Waals surface area contributed by atoms with Crippen LogP contribution in [0.2, 0.25) is 0 Å². The van der Waals surface area contributed by atoms with Crippen LogP contribution in [0.4, 0.5) is 0 Å². The highest BCUT2D eigenvalue weighted by Gasteiger charge is 2.70. The molecule has 1 saturated heterocycles. The SMILES string of the molecule is CC(C)CCCC12CC(O)C(O)CC1C(=O)C=C1C2CCC2(C)C3CC(CSSCC(n4ccnc4)CC(C)(C)C(=C4CCCCC4)CC(O)C3C)C12O. The van der Waals surface area contributed by atoms with Crippen LogP contribution >= 0.6 is 21.6 Å². The fourth-order valence-corrected chi connectivity index (χ4v) is 16.0. The number of carbonyl (C=O) groups excluding carboxylic acids is 1. The number of aliphatic hydroxyl groups is 4. The lowest BCUT2D eigenvalue weighted by molar-refractivity contribution is -0.163. The normalized spacial score (nSPS) is 43.2. The first-order chi connectivity index (χ1) is 25.6. The number of aliphatic hydroxyl groups excluding tert-OH is 3. The second kappa shape index (κ2) is 15.9. The van der Waals surface area contributed by atoms with E-state index in [1.165, 1.54) is 24.8 Å². The maximum absolute atomic E-state index is 14.4. The van der Waals surface area contributed by atoms with Crippen molar-refractivity contribution in [3.8, 4) is 0 Å². The molecule has 1 aliphatic heterocycles. The number of fused-ring (bicyclic) bond motifs is 9. The van der Waals surface area contributed by atoms with E-state index in [-0.39, 0.29) is 46.8 Å². The van der Waals surface area contributed by atoms with Crippen molar-refractivity contribution in [2.24, 2.45) is 51.8 Å². The molecule has 1 aromatic rings. The van der Waals surface area contributed by atoms with Crippen molar-refractivity contribution in [2.45, 2.75) is 168 Å². The van der Waals surface area contributed by atoms with Crippen LogP contribution in [0.1, 0.15) is 144 Å². The van der Waals surface area contributed by atoms with E-state index in [1.807, 2.05) is 40.2 Å². The first-order valence-corrected chi connectivity index (χ1v) is 24.1. The van der Waals surface area contributed by atoms with E-state index in [1.54, 1.807) is 5.57 Å². The van der Waals surface area contributed by atoms with Gasteiger partial charge in [-0.1, -0.05) is 93.5 Å². The number of hydrogen-bond acceptors (Lipinski definition) is 8. The van der Waals surface area contributed by atoms with Crippen LogP contribution in [0.25, 0.3) is 0 Å². The molecule has 12 atom stereocenters. The molecule has 0 radical (unpaired) electrons. The van der Waals surface area contributed by atoms with Gasteiger partial charge in [0.1, 0.15) is 0 Å². The lowest BCUT2D eigenvalue weighted by atomic mass is 9.44. The molecule has 12 unspecified atom stereocenters. The third-order valence-electron chi connectivity index (χ3n) is 16.2. The minimum absolute atomic E-state index is 0.0112. The smallest absolute Gasteiger partial charge is 0.159 e. The summed E-state index contributed by atoms with van der Waals surface area (Å²) in [5, 5.41) is 48.4. The zero-order valence-electron chi connectivity index (χ0n) is 34.0. The zero-order chi connectivity index (χ0) is 38.6. The summed E-state index contributed by atoms with van der Waals surface area (Å²) in [4.78, 5) is 18.9. The molecule has 9 heteroatoms. The highest BCUT2D eigenvalue weighted by Crippen LogP contribution is 2.71. The van der Waals surface area contributed by atoms with Gasteiger partial charge in [0.25, 0.3) is 0 Å². The van der Waals surface area contributed by atoms with Crippen molar-refractivity contribution in [3.05, 3.63) is 41.5 Å². The molecule has 6 aliphatic rings. The van der Waals surface area contributed by atoms with Gasteiger partial charge in [0.05, 0.1) is 30.2 Å². The van der Waals surface area contributed by atoms with Crippen molar-refractivity contribution in [3.63, 3.8) is 0 Å². The molecule has 2 heterocycles. The summed E-state index contributed by atoms with van der Waals surface area (Å²) in [5.74, 6) is 1.93. The standard InChI is InChI=1S/C45H70N2O5S2/c1-28(2)11-10-15-44-24-41(51)40(50)22-37(44)39(49)21-36-33(44)14-16-43(6)34-19-31(45(36,43)52)25-53-54-26-32(47-18-17-46-27-47)23-42(4,5)35(20-38(48)29(34)3)30-12-8-7-9-13-30/h17-18,21,27-29,31-34,37-38,40-41,48,50-52H,7-16,19-20,22-26H2,1-6H3. The molecule has 0 amide bonds. The number of rotatable bonds is 5. The third-order valence-corrected chi connectivity index (χ3v) is 18.8. The Bertz CT molecular complexity index is 1550. The molecule has 4 saturated carbocycles. The molecule has 1 aromatic heterocycles. The van der Waals surface area contributed by atoms with Crippen LogP contribution in [-0.4, -0.2) is 71.2 Å². The van der Waals surface area contributed by atoms with Crippen LogP contribution in [0.3, 0.4) is 0 Å². The summed E-state index contributed by atoms with van der Waals surface area (Å²) in [6, 6.07) is 0.245. The molecule has 7 nitrogen and oxygen atoms in total. The van der Waals surface area contributed by atoms with Gasteiger partial charge >= 0.3 is 0 Å². The summed E-state index contributed by atoms with van der Waals surface area (Å²) in [5.41, 5.74) is 1.67. The topological polar surface area (TPSA) is 116 Å². The first-order valence-electron chi connectivity index (χ1n) is 21.6. The van der Waals surface area contributed by atoms with Crippen molar-refractivity contribution in [1.29, 1.82) is 0 Å². The maximum atomic E-state index is 14.4. The van der Waals surface area contributed by atoms with E-state index in [0.29, 0.717) is 25.2 Å². The van der Waals surface area contributed by atoms with Crippen LogP contribution in [-0.2, 0) is 4.79 Å². The van der Waals surface area contributed by atoms with E-state index in [4.69, 9.17) is 0 Å². The number of nitrogens with zero attached hydrogens (tertiary/aromatic N) is 2. The minimum atomic E-state index is -1.19. The van der Waals surface area contributed by atoms with Gasteiger partial charge in [-0.25, -0.2) is 4.98 Å². The van der Waals surface area contributed by atoms with E-state index in [2.05, 4.69) is 57.3 Å². The lowest BCUT2D eigenvalue weighted by Crippen LogP contribution is -2.63. The molecule has 54 heavy (non-hydrogen) atoms. The van der Waals surface area contributed by atoms with Crippen molar-refractivity contribution in [1.82, 2.24) is 9.55 Å². The average molecular weight is 783 g/mol. The summed E-state index contributed by atoms with van der Waals surface area (Å²) < 4.78 is 2.27. The predicted octanol–water partition coefficient (Wildman–Crippen LogP) is 9.12. The summed E-state index contributed by atoms with van der Waals surface area (Å²) in [6.45, 7) is 13.8. The highest BCUT2D eigenvalue weighted by atomic mass is 33.1. The van der Waals surface area contributed by atoms with E-state index < -0.39 is 34.7 Å². The third kappa shape index (κ3) is 7.18. The molecule has 5 fully saturated rings. The van der Waals surface area contributed by atoms with Crippen molar-refractivity contribution in [2.75, 3.05) is 11.5 Å². The molecule has 7 rings (SSSR count). The molecule has 302 valence electrons. The first kappa shape index (κ1) is 41.1. The van der Waals surface area contributed by atoms with Gasteiger partial charge in [-0.05, 0) is 123 Å².